The maximum Gasteiger partial charge on any atom is 0.264 e. The molecule has 0 saturated heterocycles. The number of rotatable bonds is 5. The van der Waals surface area contributed by atoms with E-state index >= 15 is 0 Å². The number of hydrogen-bond donors (Lipinski definition) is 3. The zero-order valence-electron chi connectivity index (χ0n) is 14.0. The first-order valence-electron chi connectivity index (χ1n) is 7.60. The molecule has 0 aliphatic rings. The third-order valence-corrected chi connectivity index (χ3v) is 3.28. The van der Waals surface area contributed by atoms with Crippen molar-refractivity contribution in [1.29, 1.82) is 0 Å². The molecule has 2 rings (SSSR count). The highest BCUT2D eigenvalue weighted by Gasteiger charge is 2.06. The van der Waals surface area contributed by atoms with Crippen LogP contribution in [0.4, 0.5) is 11.4 Å². The predicted octanol–water partition coefficient (Wildman–Crippen LogP) is 2.85. The maximum atomic E-state index is 11.9. The van der Waals surface area contributed by atoms with Crippen LogP contribution in [0.25, 0.3) is 0 Å². The van der Waals surface area contributed by atoms with Gasteiger partial charge in [-0.25, -0.2) is 0 Å². The number of anilines is 2. The third kappa shape index (κ3) is 6.60. The summed E-state index contributed by atoms with van der Waals surface area (Å²) in [4.78, 5) is 22.8. The SMILES string of the molecule is CC(=O)Nc1ccc(NC(=S)NC(=O)COc2cccc(C)c2)cc1. The molecule has 130 valence electrons. The standard InChI is InChI=1S/C18H19N3O3S/c1-12-4-3-5-16(10-12)24-11-17(23)21-18(25)20-15-8-6-14(7-9-15)19-13(2)22/h3-10H,11H2,1-2H3,(H,19,22)(H2,20,21,23,25). The van der Waals surface area contributed by atoms with E-state index in [0.717, 1.165) is 5.56 Å². The normalized spacial score (nSPS) is 9.84. The van der Waals surface area contributed by atoms with Crippen LogP contribution in [0.3, 0.4) is 0 Å². The molecule has 0 fully saturated rings. The Morgan fingerprint density at radius 2 is 1.68 bits per heavy atom. The second-order valence-electron chi connectivity index (χ2n) is 5.37. The van der Waals surface area contributed by atoms with Crippen LogP contribution in [0.1, 0.15) is 12.5 Å². The Bertz CT molecular complexity index is 775. The first kappa shape index (κ1) is 18.4. The van der Waals surface area contributed by atoms with E-state index in [-0.39, 0.29) is 23.5 Å². The van der Waals surface area contributed by atoms with Gasteiger partial charge >= 0.3 is 0 Å². The number of nitrogens with one attached hydrogen (secondary N) is 3. The first-order valence-corrected chi connectivity index (χ1v) is 8.01. The van der Waals surface area contributed by atoms with Gasteiger partial charge in [0.2, 0.25) is 5.91 Å². The lowest BCUT2D eigenvalue weighted by Crippen LogP contribution is -2.37. The Kier molecular flexibility index (Phi) is 6.47. The maximum absolute atomic E-state index is 11.9. The lowest BCUT2D eigenvalue weighted by molar-refractivity contribution is -0.121. The quantitative estimate of drug-likeness (QED) is 0.717. The van der Waals surface area contributed by atoms with Crippen LogP contribution in [-0.4, -0.2) is 23.5 Å². The summed E-state index contributed by atoms with van der Waals surface area (Å²) in [6, 6.07) is 14.4. The van der Waals surface area contributed by atoms with Crippen molar-refractivity contribution in [3.8, 4) is 5.75 Å². The second-order valence-corrected chi connectivity index (χ2v) is 5.77. The van der Waals surface area contributed by atoms with Gasteiger partial charge < -0.3 is 15.4 Å². The van der Waals surface area contributed by atoms with Crippen LogP contribution in [0.5, 0.6) is 5.75 Å². The fourth-order valence-corrected chi connectivity index (χ4v) is 2.25. The Hall–Kier alpha value is -2.93. The van der Waals surface area contributed by atoms with Crippen LogP contribution in [0.15, 0.2) is 48.5 Å². The molecular formula is C18H19N3O3S. The summed E-state index contributed by atoms with van der Waals surface area (Å²) in [5.41, 5.74) is 2.43. The molecule has 0 aliphatic carbocycles. The van der Waals surface area contributed by atoms with Gasteiger partial charge in [-0.1, -0.05) is 12.1 Å². The molecule has 0 radical (unpaired) electrons. The highest BCUT2D eigenvalue weighted by atomic mass is 32.1. The van der Waals surface area contributed by atoms with Crippen molar-refractivity contribution in [3.05, 3.63) is 54.1 Å². The van der Waals surface area contributed by atoms with Crippen molar-refractivity contribution in [2.75, 3.05) is 17.2 Å². The average Bonchev–Trinajstić information content (AvgIpc) is 2.54. The van der Waals surface area contributed by atoms with Crippen molar-refractivity contribution in [1.82, 2.24) is 5.32 Å². The minimum atomic E-state index is -0.353. The summed E-state index contributed by atoms with van der Waals surface area (Å²) in [6.45, 7) is 3.26. The van der Waals surface area contributed by atoms with Crippen LogP contribution in [0, 0.1) is 6.92 Å². The second kappa shape index (κ2) is 8.79. The van der Waals surface area contributed by atoms with Gasteiger partial charge in [0, 0.05) is 18.3 Å². The Labute approximate surface area is 151 Å². The van der Waals surface area contributed by atoms with Crippen molar-refractivity contribution in [3.63, 3.8) is 0 Å². The summed E-state index contributed by atoms with van der Waals surface area (Å²) >= 11 is 5.10. The Balaban J connectivity index is 1.79. The molecule has 0 bridgehead atoms. The van der Waals surface area contributed by atoms with Gasteiger partial charge in [-0.2, -0.15) is 0 Å². The number of carbonyl (C=O) groups is 2. The van der Waals surface area contributed by atoms with Gasteiger partial charge in [-0.05, 0) is 61.1 Å². The lowest BCUT2D eigenvalue weighted by atomic mass is 10.2. The zero-order chi connectivity index (χ0) is 18.2. The molecule has 0 unspecified atom stereocenters. The number of thiocarbonyl (C=S) groups is 1. The molecule has 0 saturated carbocycles. The van der Waals surface area contributed by atoms with Crippen LogP contribution in [0.2, 0.25) is 0 Å². The smallest absolute Gasteiger partial charge is 0.264 e. The van der Waals surface area contributed by atoms with Gasteiger partial charge in [0.1, 0.15) is 5.75 Å². The highest BCUT2D eigenvalue weighted by molar-refractivity contribution is 7.80. The van der Waals surface area contributed by atoms with Gasteiger partial charge in [0.25, 0.3) is 5.91 Å². The molecule has 0 heterocycles. The highest BCUT2D eigenvalue weighted by Crippen LogP contribution is 2.14. The minimum absolute atomic E-state index is 0.132. The molecule has 7 heteroatoms. The number of carbonyl (C=O) groups excluding carboxylic acids is 2. The van der Waals surface area contributed by atoms with E-state index in [9.17, 15) is 9.59 Å². The number of benzene rings is 2. The number of ether oxygens (including phenoxy) is 1. The summed E-state index contributed by atoms with van der Waals surface area (Å²) in [5, 5.41) is 8.28. The minimum Gasteiger partial charge on any atom is -0.484 e. The molecule has 0 atom stereocenters. The predicted molar refractivity (Wildman–Crippen MR) is 102 cm³/mol. The fourth-order valence-electron chi connectivity index (χ4n) is 2.02. The Morgan fingerprint density at radius 3 is 2.28 bits per heavy atom. The van der Waals surface area contributed by atoms with E-state index in [2.05, 4.69) is 16.0 Å². The zero-order valence-corrected chi connectivity index (χ0v) is 14.8. The molecular weight excluding hydrogens is 338 g/mol. The Morgan fingerprint density at radius 1 is 1.04 bits per heavy atom. The fraction of sp³-hybridized carbons (Fsp3) is 0.167. The van der Waals surface area contributed by atoms with Gasteiger partial charge in [-0.3, -0.25) is 14.9 Å². The topological polar surface area (TPSA) is 79.5 Å². The van der Waals surface area contributed by atoms with E-state index in [1.807, 2.05) is 25.1 Å². The van der Waals surface area contributed by atoms with E-state index in [0.29, 0.717) is 17.1 Å². The molecule has 2 aromatic carbocycles. The van der Waals surface area contributed by atoms with Crippen molar-refractivity contribution >= 4 is 40.5 Å². The van der Waals surface area contributed by atoms with Crippen LogP contribution < -0.4 is 20.7 Å². The molecule has 0 spiro atoms. The number of amides is 2. The molecule has 6 nitrogen and oxygen atoms in total. The summed E-state index contributed by atoms with van der Waals surface area (Å²) in [7, 11) is 0. The van der Waals surface area contributed by atoms with Crippen molar-refractivity contribution < 1.29 is 14.3 Å². The molecule has 0 aliphatic heterocycles. The summed E-state index contributed by atoms with van der Waals surface area (Å²) in [5.74, 6) is 0.133. The lowest BCUT2D eigenvalue weighted by Gasteiger charge is -2.11. The molecule has 25 heavy (non-hydrogen) atoms. The van der Waals surface area contributed by atoms with Crippen LogP contribution >= 0.6 is 12.2 Å². The largest absolute Gasteiger partial charge is 0.484 e. The third-order valence-electron chi connectivity index (χ3n) is 3.08. The van der Waals surface area contributed by atoms with E-state index in [1.54, 1.807) is 30.3 Å². The van der Waals surface area contributed by atoms with Crippen molar-refractivity contribution in [2.24, 2.45) is 0 Å². The monoisotopic (exact) mass is 357 g/mol. The van der Waals surface area contributed by atoms with E-state index < -0.39 is 0 Å². The van der Waals surface area contributed by atoms with Gasteiger partial charge in [0.05, 0.1) is 0 Å². The van der Waals surface area contributed by atoms with Crippen LogP contribution in [-0.2, 0) is 9.59 Å². The van der Waals surface area contributed by atoms with E-state index in [1.165, 1.54) is 6.92 Å². The molecule has 2 amide bonds. The summed E-state index contributed by atoms with van der Waals surface area (Å²) < 4.78 is 5.41. The van der Waals surface area contributed by atoms with Gasteiger partial charge in [-0.15, -0.1) is 0 Å². The summed E-state index contributed by atoms with van der Waals surface area (Å²) in [6.07, 6.45) is 0. The molecule has 0 aromatic heterocycles. The van der Waals surface area contributed by atoms with Gasteiger partial charge in [0.15, 0.2) is 11.7 Å². The molecule has 2 aromatic rings. The van der Waals surface area contributed by atoms with Crippen molar-refractivity contribution in [2.45, 2.75) is 13.8 Å². The number of aryl methyl sites for hydroxylation is 1. The first-order chi connectivity index (χ1) is 11.9. The molecule has 3 N–H and O–H groups in total. The average molecular weight is 357 g/mol. The number of hydrogen-bond acceptors (Lipinski definition) is 4. The van der Waals surface area contributed by atoms with E-state index in [4.69, 9.17) is 17.0 Å².